The van der Waals surface area contributed by atoms with Crippen LogP contribution in [0.5, 0.6) is 0 Å². The van der Waals surface area contributed by atoms with Crippen LogP contribution in [0.1, 0.15) is 0 Å². The first-order valence-electron chi connectivity index (χ1n) is 4.84. The molecule has 9 nitrogen and oxygen atoms in total. The minimum absolute atomic E-state index is 0.0457. The molecule has 0 unspecified atom stereocenters. The molecule has 2 aromatic carbocycles. The van der Waals surface area contributed by atoms with E-state index in [-0.39, 0.29) is 4.90 Å². The Labute approximate surface area is 114 Å². The van der Waals surface area contributed by atoms with Crippen molar-refractivity contribution < 1.29 is 13.0 Å². The van der Waals surface area contributed by atoms with Crippen LogP contribution in [0.25, 0.3) is 42.7 Å². The molecule has 2 aromatic rings. The van der Waals surface area contributed by atoms with Gasteiger partial charge in [0.05, 0.1) is 0 Å². The third-order valence-electron chi connectivity index (χ3n) is 2.03. The summed E-state index contributed by atoms with van der Waals surface area (Å²) in [6.45, 7) is 0. The molecule has 0 radical (unpaired) electrons. The zero-order valence-corrected chi connectivity index (χ0v) is 10.7. The highest BCUT2D eigenvalue weighted by molar-refractivity contribution is 7.86. The van der Waals surface area contributed by atoms with E-state index in [0.29, 0.717) is 5.39 Å². The lowest BCUT2D eigenvalue weighted by Gasteiger charge is -2.02. The molecular weight excluding hydrogens is 284 g/mol. The molecule has 0 aromatic heterocycles. The van der Waals surface area contributed by atoms with E-state index in [1.54, 1.807) is 30.3 Å². The van der Waals surface area contributed by atoms with Gasteiger partial charge >= 0.3 is 0 Å². The van der Waals surface area contributed by atoms with Crippen molar-refractivity contribution >= 4 is 20.9 Å². The third kappa shape index (κ3) is 5.25. The fourth-order valence-electron chi connectivity index (χ4n) is 1.42. The predicted molar refractivity (Wildman–Crippen MR) is 73.9 cm³/mol. The third-order valence-corrected chi connectivity index (χ3v) is 2.94. The highest BCUT2D eigenvalue weighted by Gasteiger charge is 2.12. The molecule has 0 bridgehead atoms. The first kappa shape index (κ1) is 17.2. The molecule has 20 heavy (non-hydrogen) atoms. The SMILES string of the molecule is O=S(=O)(O)c1cccc2ccccc12.[N-]=[N+]=[N-].[N-]=[N+]=[N-]. The lowest BCUT2D eigenvalue weighted by molar-refractivity contribution is 0.484. The Hall–Kier alpha value is -2.77. The minimum atomic E-state index is -4.13. The maximum atomic E-state index is 11.0. The topological polar surface area (TPSA) is 172 Å². The van der Waals surface area contributed by atoms with E-state index in [0.717, 1.165) is 5.39 Å². The summed E-state index contributed by atoms with van der Waals surface area (Å²) in [6.07, 6.45) is 0. The quantitative estimate of drug-likeness (QED) is 0.364. The van der Waals surface area contributed by atoms with Gasteiger partial charge in [-0.25, -0.2) is 0 Å². The Bertz CT molecular complexity index is 729. The molecule has 0 fully saturated rings. The van der Waals surface area contributed by atoms with Gasteiger partial charge in [-0.05, 0) is 11.5 Å². The molecule has 0 atom stereocenters. The average Bonchev–Trinajstić information content (AvgIpc) is 2.39. The number of hydrogen-bond donors (Lipinski definition) is 1. The van der Waals surface area contributed by atoms with Gasteiger partial charge in [0.2, 0.25) is 0 Å². The van der Waals surface area contributed by atoms with Gasteiger partial charge in [0.1, 0.15) is 4.90 Å². The number of benzene rings is 2. The summed E-state index contributed by atoms with van der Waals surface area (Å²) in [6, 6.07) is 11.8. The number of rotatable bonds is 1. The van der Waals surface area contributed by atoms with Crippen molar-refractivity contribution in [2.24, 2.45) is 0 Å². The van der Waals surface area contributed by atoms with E-state index < -0.39 is 10.1 Å². The summed E-state index contributed by atoms with van der Waals surface area (Å²) in [4.78, 5) is 2.95. The Balaban J connectivity index is 0.000000520. The van der Waals surface area contributed by atoms with Crippen molar-refractivity contribution in [3.8, 4) is 0 Å². The molecule has 0 saturated carbocycles. The molecule has 2 rings (SSSR count). The maximum absolute atomic E-state index is 11.0. The van der Waals surface area contributed by atoms with Crippen LogP contribution in [0.4, 0.5) is 0 Å². The van der Waals surface area contributed by atoms with Crippen molar-refractivity contribution in [2.75, 3.05) is 0 Å². The lowest BCUT2D eigenvalue weighted by atomic mass is 10.1. The van der Waals surface area contributed by atoms with Gasteiger partial charge in [-0.15, -0.1) is 0 Å². The van der Waals surface area contributed by atoms with Gasteiger partial charge in [-0.3, -0.25) is 14.4 Å². The van der Waals surface area contributed by atoms with Crippen LogP contribution < -0.4 is 0 Å². The standard InChI is InChI=1S/C10H8O3S.2N3/c11-14(12,13)10-7-3-5-8-4-1-2-6-9(8)10;2*1-3-2/h1-7H,(H,11,12,13);;/q;2*-1. The summed E-state index contributed by atoms with van der Waals surface area (Å²) in [5.41, 5.74) is 27.0. The van der Waals surface area contributed by atoms with Crippen molar-refractivity contribution in [3.63, 3.8) is 0 Å². The molecule has 0 spiro atoms. The first-order chi connectivity index (χ1) is 9.42. The second-order valence-electron chi connectivity index (χ2n) is 3.13. The zero-order valence-electron chi connectivity index (χ0n) is 9.90. The molecule has 0 aliphatic rings. The molecule has 0 heterocycles. The van der Waals surface area contributed by atoms with E-state index in [2.05, 4.69) is 0 Å². The Morgan fingerprint density at radius 2 is 1.30 bits per heavy atom. The van der Waals surface area contributed by atoms with Crippen molar-refractivity contribution in [2.45, 2.75) is 4.90 Å². The number of fused-ring (bicyclic) bond motifs is 1. The Morgan fingerprint density at radius 1 is 0.850 bits per heavy atom. The van der Waals surface area contributed by atoms with Gasteiger partial charge in [0.25, 0.3) is 10.1 Å². The largest absolute Gasteiger partial charge is 0.373 e. The molecule has 0 amide bonds. The van der Waals surface area contributed by atoms with Gasteiger partial charge < -0.3 is 22.1 Å². The van der Waals surface area contributed by atoms with Gasteiger partial charge in [-0.2, -0.15) is 8.42 Å². The van der Waals surface area contributed by atoms with Crippen LogP contribution in [-0.2, 0) is 10.1 Å². The Kier molecular flexibility index (Phi) is 7.20. The van der Waals surface area contributed by atoms with Gasteiger partial charge in [-0.1, -0.05) is 36.4 Å². The number of hydrogen-bond acceptors (Lipinski definition) is 2. The van der Waals surface area contributed by atoms with Crippen molar-refractivity contribution in [3.05, 3.63) is 74.4 Å². The second-order valence-corrected chi connectivity index (χ2v) is 4.52. The first-order valence-corrected chi connectivity index (χ1v) is 6.28. The summed E-state index contributed by atoms with van der Waals surface area (Å²) in [7, 11) is -4.13. The zero-order chi connectivity index (χ0) is 15.6. The predicted octanol–water partition coefficient (Wildman–Crippen LogP) is 3.82. The van der Waals surface area contributed by atoms with Gasteiger partial charge in [0, 0.05) is 5.39 Å². The van der Waals surface area contributed by atoms with E-state index >= 15 is 0 Å². The summed E-state index contributed by atoms with van der Waals surface area (Å²) in [5.74, 6) is 0. The van der Waals surface area contributed by atoms with E-state index in [4.69, 9.17) is 26.7 Å². The highest BCUT2D eigenvalue weighted by atomic mass is 32.2. The molecule has 10 heteroatoms. The second kappa shape index (κ2) is 8.35. The molecule has 0 aliphatic heterocycles. The maximum Gasteiger partial charge on any atom is 0.295 e. The Morgan fingerprint density at radius 3 is 1.80 bits per heavy atom. The summed E-state index contributed by atoms with van der Waals surface area (Å²) < 4.78 is 31.0. The molecule has 0 saturated heterocycles. The molecule has 1 N–H and O–H groups in total. The number of nitrogens with zero attached hydrogens (tertiary/aromatic N) is 6. The van der Waals surface area contributed by atoms with Crippen LogP contribution in [-0.4, -0.2) is 13.0 Å². The van der Waals surface area contributed by atoms with Crippen LogP contribution in [0.15, 0.2) is 47.4 Å². The van der Waals surface area contributed by atoms with Crippen molar-refractivity contribution in [1.29, 1.82) is 0 Å². The van der Waals surface area contributed by atoms with E-state index in [1.165, 1.54) is 15.9 Å². The normalized spacial score (nSPS) is 9.05. The fourth-order valence-corrected chi connectivity index (χ4v) is 2.13. The summed E-state index contributed by atoms with van der Waals surface area (Å²) in [5, 5.41) is 1.33. The van der Waals surface area contributed by atoms with Crippen LogP contribution in [0.3, 0.4) is 0 Å². The lowest BCUT2D eigenvalue weighted by Crippen LogP contribution is -1.98. The van der Waals surface area contributed by atoms with Crippen LogP contribution >= 0.6 is 0 Å². The summed E-state index contributed by atoms with van der Waals surface area (Å²) >= 11 is 0. The van der Waals surface area contributed by atoms with Crippen LogP contribution in [0.2, 0.25) is 0 Å². The molecule has 0 aliphatic carbocycles. The van der Waals surface area contributed by atoms with E-state index in [9.17, 15) is 8.42 Å². The minimum Gasteiger partial charge on any atom is -0.373 e. The fraction of sp³-hybridized carbons (Fsp3) is 0. The molecular formula is C10H8N6O3S-2. The highest BCUT2D eigenvalue weighted by Crippen LogP contribution is 2.21. The van der Waals surface area contributed by atoms with E-state index in [1.807, 2.05) is 6.07 Å². The van der Waals surface area contributed by atoms with Crippen molar-refractivity contribution in [1.82, 2.24) is 0 Å². The smallest absolute Gasteiger partial charge is 0.295 e. The van der Waals surface area contributed by atoms with Crippen LogP contribution in [0, 0.1) is 0 Å². The molecule has 104 valence electrons. The average molecular weight is 292 g/mol. The monoisotopic (exact) mass is 292 g/mol. The van der Waals surface area contributed by atoms with Gasteiger partial charge in [0.15, 0.2) is 0 Å².